The maximum atomic E-state index is 11.7. The predicted octanol–water partition coefficient (Wildman–Crippen LogP) is 2.00. The Bertz CT molecular complexity index is 656. The number of rotatable bonds is 8. The molecule has 126 valence electrons. The highest BCUT2D eigenvalue weighted by atomic mass is 16.6. The van der Waals surface area contributed by atoms with Crippen molar-refractivity contribution >= 4 is 11.9 Å². The van der Waals surface area contributed by atoms with Crippen molar-refractivity contribution in [2.24, 2.45) is 0 Å². The summed E-state index contributed by atoms with van der Waals surface area (Å²) in [6, 6.07) is 10.8. The van der Waals surface area contributed by atoms with Crippen LogP contribution in [0.1, 0.15) is 22.8 Å². The van der Waals surface area contributed by atoms with Gasteiger partial charge in [0.1, 0.15) is 12.4 Å². The molecule has 1 heterocycles. The molecular formula is C18H20N2O4. The molecule has 24 heavy (non-hydrogen) atoms. The predicted molar refractivity (Wildman–Crippen MR) is 88.8 cm³/mol. The molecule has 1 aromatic heterocycles. The summed E-state index contributed by atoms with van der Waals surface area (Å²) in [6.45, 7) is 2.23. The Balaban J connectivity index is 1.62. The van der Waals surface area contributed by atoms with Crippen LogP contribution in [0.15, 0.2) is 48.8 Å². The number of carbonyl (C=O) groups is 2. The molecule has 1 N–H and O–H groups in total. The van der Waals surface area contributed by atoms with Crippen LogP contribution in [0.2, 0.25) is 0 Å². The normalized spacial score (nSPS) is 10.0. The Labute approximate surface area is 140 Å². The van der Waals surface area contributed by atoms with Crippen LogP contribution in [0.25, 0.3) is 0 Å². The molecule has 1 aromatic carbocycles. The van der Waals surface area contributed by atoms with Gasteiger partial charge in [0, 0.05) is 18.0 Å². The number of pyridine rings is 1. The van der Waals surface area contributed by atoms with E-state index in [4.69, 9.17) is 9.47 Å². The summed E-state index contributed by atoms with van der Waals surface area (Å²) in [7, 11) is 0. The van der Waals surface area contributed by atoms with E-state index < -0.39 is 5.97 Å². The first-order valence-corrected chi connectivity index (χ1v) is 7.74. The molecule has 0 radical (unpaired) electrons. The SMILES string of the molecule is CCc1ccc(OCC(=O)OCCNC(=O)c2ccncc2)cc1. The molecule has 0 spiro atoms. The van der Waals surface area contributed by atoms with Gasteiger partial charge in [-0.2, -0.15) is 0 Å². The van der Waals surface area contributed by atoms with Gasteiger partial charge in [0.15, 0.2) is 6.61 Å². The molecular weight excluding hydrogens is 308 g/mol. The minimum absolute atomic E-state index is 0.0911. The molecule has 6 nitrogen and oxygen atoms in total. The largest absolute Gasteiger partial charge is 0.482 e. The van der Waals surface area contributed by atoms with Gasteiger partial charge in [0.25, 0.3) is 5.91 Å². The summed E-state index contributed by atoms with van der Waals surface area (Å²) in [5.41, 5.74) is 1.71. The molecule has 2 rings (SSSR count). The fraction of sp³-hybridized carbons (Fsp3) is 0.278. The molecule has 0 aliphatic rings. The summed E-state index contributed by atoms with van der Waals surface area (Å²) >= 11 is 0. The number of esters is 1. The van der Waals surface area contributed by atoms with Crippen molar-refractivity contribution in [1.82, 2.24) is 10.3 Å². The topological polar surface area (TPSA) is 77.5 Å². The number of hydrogen-bond donors (Lipinski definition) is 1. The highest BCUT2D eigenvalue weighted by Crippen LogP contribution is 2.12. The van der Waals surface area contributed by atoms with E-state index in [2.05, 4.69) is 17.2 Å². The second-order valence-electron chi connectivity index (χ2n) is 5.00. The zero-order valence-corrected chi connectivity index (χ0v) is 13.5. The van der Waals surface area contributed by atoms with Crippen molar-refractivity contribution < 1.29 is 19.1 Å². The van der Waals surface area contributed by atoms with Crippen LogP contribution >= 0.6 is 0 Å². The van der Waals surface area contributed by atoms with Gasteiger partial charge in [-0.25, -0.2) is 4.79 Å². The molecule has 0 aliphatic heterocycles. The smallest absolute Gasteiger partial charge is 0.344 e. The Morgan fingerprint density at radius 3 is 2.46 bits per heavy atom. The lowest BCUT2D eigenvalue weighted by Crippen LogP contribution is -2.28. The lowest BCUT2D eigenvalue weighted by molar-refractivity contribution is -0.145. The fourth-order valence-corrected chi connectivity index (χ4v) is 1.94. The van der Waals surface area contributed by atoms with Crippen molar-refractivity contribution in [3.63, 3.8) is 0 Å². The first kappa shape index (κ1) is 17.5. The zero-order chi connectivity index (χ0) is 17.2. The molecule has 1 amide bonds. The van der Waals surface area contributed by atoms with Crippen molar-refractivity contribution in [1.29, 1.82) is 0 Å². The molecule has 0 aliphatic carbocycles. The van der Waals surface area contributed by atoms with Crippen LogP contribution in [0.3, 0.4) is 0 Å². The van der Waals surface area contributed by atoms with Gasteiger partial charge in [-0.1, -0.05) is 19.1 Å². The van der Waals surface area contributed by atoms with Crippen molar-refractivity contribution in [3.05, 3.63) is 59.9 Å². The molecule has 0 unspecified atom stereocenters. The van der Waals surface area contributed by atoms with E-state index in [1.807, 2.05) is 24.3 Å². The third-order valence-corrected chi connectivity index (χ3v) is 3.28. The number of benzene rings is 1. The van der Waals surface area contributed by atoms with E-state index in [-0.39, 0.29) is 25.7 Å². The third-order valence-electron chi connectivity index (χ3n) is 3.28. The van der Waals surface area contributed by atoms with E-state index in [1.54, 1.807) is 24.5 Å². The number of carbonyl (C=O) groups excluding carboxylic acids is 2. The van der Waals surface area contributed by atoms with Crippen LogP contribution in [0.5, 0.6) is 5.75 Å². The maximum absolute atomic E-state index is 11.7. The van der Waals surface area contributed by atoms with E-state index in [1.165, 1.54) is 5.56 Å². The lowest BCUT2D eigenvalue weighted by atomic mass is 10.2. The van der Waals surface area contributed by atoms with Crippen LogP contribution in [0.4, 0.5) is 0 Å². The first-order valence-electron chi connectivity index (χ1n) is 7.74. The van der Waals surface area contributed by atoms with Crippen LogP contribution in [0, 0.1) is 0 Å². The number of aryl methyl sites for hydroxylation is 1. The average molecular weight is 328 g/mol. The van der Waals surface area contributed by atoms with Gasteiger partial charge in [0.05, 0.1) is 6.54 Å². The van der Waals surface area contributed by atoms with Crippen LogP contribution in [-0.2, 0) is 16.0 Å². The molecule has 6 heteroatoms. The van der Waals surface area contributed by atoms with Gasteiger partial charge >= 0.3 is 5.97 Å². The van der Waals surface area contributed by atoms with Crippen molar-refractivity contribution in [2.75, 3.05) is 19.8 Å². The minimum atomic E-state index is -0.479. The van der Waals surface area contributed by atoms with E-state index >= 15 is 0 Å². The lowest BCUT2D eigenvalue weighted by Gasteiger charge is -2.08. The summed E-state index contributed by atoms with van der Waals surface area (Å²) < 4.78 is 10.3. The van der Waals surface area contributed by atoms with Crippen molar-refractivity contribution in [2.45, 2.75) is 13.3 Å². The quantitative estimate of drug-likeness (QED) is 0.592. The van der Waals surface area contributed by atoms with Crippen molar-refractivity contribution in [3.8, 4) is 5.75 Å². The summed E-state index contributed by atoms with van der Waals surface area (Å²) in [5, 5.41) is 2.66. The number of aromatic nitrogens is 1. The van der Waals surface area contributed by atoms with E-state index in [0.717, 1.165) is 6.42 Å². The van der Waals surface area contributed by atoms with Crippen LogP contribution < -0.4 is 10.1 Å². The molecule has 0 bridgehead atoms. The Morgan fingerprint density at radius 2 is 1.79 bits per heavy atom. The Hall–Kier alpha value is -2.89. The standard InChI is InChI=1S/C18H20N2O4/c1-2-14-3-5-16(6-4-14)24-13-17(21)23-12-11-20-18(22)15-7-9-19-10-8-15/h3-10H,2,11-13H2,1H3,(H,20,22). The number of hydrogen-bond acceptors (Lipinski definition) is 5. The highest BCUT2D eigenvalue weighted by Gasteiger charge is 2.06. The maximum Gasteiger partial charge on any atom is 0.344 e. The summed E-state index contributed by atoms with van der Waals surface area (Å²) in [6.07, 6.45) is 4.03. The second-order valence-corrected chi connectivity index (χ2v) is 5.00. The van der Waals surface area contributed by atoms with Gasteiger partial charge < -0.3 is 14.8 Å². The van der Waals surface area contributed by atoms with E-state index in [0.29, 0.717) is 11.3 Å². The first-order chi connectivity index (χ1) is 11.7. The molecule has 0 saturated heterocycles. The van der Waals surface area contributed by atoms with E-state index in [9.17, 15) is 9.59 Å². The Morgan fingerprint density at radius 1 is 1.08 bits per heavy atom. The summed E-state index contributed by atoms with van der Waals surface area (Å²) in [5.74, 6) is -0.0939. The Kier molecular flexibility index (Phi) is 6.76. The minimum Gasteiger partial charge on any atom is -0.482 e. The second kappa shape index (κ2) is 9.29. The molecule has 0 saturated carbocycles. The molecule has 2 aromatic rings. The number of nitrogens with zero attached hydrogens (tertiary/aromatic N) is 1. The average Bonchev–Trinajstić information content (AvgIpc) is 2.64. The molecule has 0 atom stereocenters. The third kappa shape index (κ3) is 5.72. The van der Waals surface area contributed by atoms with Gasteiger partial charge in [-0.3, -0.25) is 9.78 Å². The number of amides is 1. The number of ether oxygens (including phenoxy) is 2. The summed E-state index contributed by atoms with van der Waals surface area (Å²) in [4.78, 5) is 27.2. The monoisotopic (exact) mass is 328 g/mol. The number of nitrogens with one attached hydrogen (secondary N) is 1. The van der Waals surface area contributed by atoms with Gasteiger partial charge in [0.2, 0.25) is 0 Å². The zero-order valence-electron chi connectivity index (χ0n) is 13.5. The van der Waals surface area contributed by atoms with Gasteiger partial charge in [-0.05, 0) is 36.2 Å². The fourth-order valence-electron chi connectivity index (χ4n) is 1.94. The molecule has 0 fully saturated rings. The van der Waals surface area contributed by atoms with Crippen LogP contribution in [-0.4, -0.2) is 36.6 Å². The van der Waals surface area contributed by atoms with Gasteiger partial charge in [-0.15, -0.1) is 0 Å². The highest BCUT2D eigenvalue weighted by molar-refractivity contribution is 5.93.